The molecule has 10 heteroatoms. The van der Waals surface area contributed by atoms with Gasteiger partial charge in [0.1, 0.15) is 0 Å². The molecule has 0 radical (unpaired) electrons. The number of carbonyl (C=O) groups is 1. The van der Waals surface area contributed by atoms with Crippen LogP contribution in [0.25, 0.3) is 22.0 Å². The van der Waals surface area contributed by atoms with Gasteiger partial charge in [0.25, 0.3) is 5.91 Å². The van der Waals surface area contributed by atoms with Crippen LogP contribution in [-0.4, -0.2) is 93.2 Å². The second-order valence-electron chi connectivity index (χ2n) is 12.2. The number of fused-ring (bicyclic) bond motifs is 1. The summed E-state index contributed by atoms with van der Waals surface area (Å²) in [5.41, 5.74) is 5.34. The molecule has 1 aromatic carbocycles. The molecule has 4 aliphatic rings. The molecule has 5 heterocycles. The molecule has 3 aromatic rings. The first-order valence-corrected chi connectivity index (χ1v) is 15.3. The van der Waals surface area contributed by atoms with Gasteiger partial charge < -0.3 is 14.5 Å². The standard InChI is InChI=1S/C31H38ClN7O2/c1-4-6-26(40)36-11-7-22(8-12-36)39-21(3)27(28-24-16-33-34-25(24)15-20(2)29(28)32)30(35-39)38-14-13-37(23-17-41-18-23)19-31(38)9-5-10-31/h15-16,22-23H,5,7-14,17-19H2,1-3H3,(H,33,34). The SMILES string of the molecule is CC#CC(=O)N1CCC(n2nc(N3CCN(C4COC4)CC34CCC4)c(-c3c(Cl)c(C)cc4[nH]ncc34)c2C)CC1. The van der Waals surface area contributed by atoms with Crippen LogP contribution >= 0.6 is 11.6 Å². The van der Waals surface area contributed by atoms with Crippen molar-refractivity contribution in [3.8, 4) is 23.0 Å². The number of nitrogens with zero attached hydrogens (tertiary/aromatic N) is 6. The molecule has 1 aliphatic carbocycles. The first-order chi connectivity index (χ1) is 19.9. The maximum Gasteiger partial charge on any atom is 0.298 e. The van der Waals surface area contributed by atoms with E-state index in [1.165, 1.54) is 19.3 Å². The van der Waals surface area contributed by atoms with Crippen molar-refractivity contribution in [1.29, 1.82) is 0 Å². The number of piperidine rings is 1. The Kier molecular flexibility index (Phi) is 6.76. The number of nitrogens with one attached hydrogen (secondary N) is 1. The fourth-order valence-electron chi connectivity index (χ4n) is 7.38. The average Bonchev–Trinajstić information content (AvgIpc) is 3.52. The molecule has 1 saturated carbocycles. The lowest BCUT2D eigenvalue weighted by atomic mass is 9.73. The fraction of sp³-hybridized carbons (Fsp3) is 0.581. The molecule has 1 spiro atoms. The molecule has 0 bridgehead atoms. The zero-order chi connectivity index (χ0) is 28.3. The van der Waals surface area contributed by atoms with E-state index < -0.39 is 0 Å². The zero-order valence-electron chi connectivity index (χ0n) is 24.2. The van der Waals surface area contributed by atoms with Gasteiger partial charge >= 0.3 is 0 Å². The number of benzene rings is 1. The van der Waals surface area contributed by atoms with E-state index in [1.807, 2.05) is 11.1 Å². The van der Waals surface area contributed by atoms with Crippen molar-refractivity contribution in [3.63, 3.8) is 0 Å². The van der Waals surface area contributed by atoms with Crippen molar-refractivity contribution < 1.29 is 9.53 Å². The second kappa shape index (κ2) is 10.3. The zero-order valence-corrected chi connectivity index (χ0v) is 24.9. The molecule has 7 rings (SSSR count). The van der Waals surface area contributed by atoms with Crippen molar-refractivity contribution in [2.75, 3.05) is 50.8 Å². The van der Waals surface area contributed by atoms with Crippen molar-refractivity contribution in [2.24, 2.45) is 0 Å². The number of halogens is 1. The molecule has 4 fully saturated rings. The third kappa shape index (κ3) is 4.34. The molecule has 3 saturated heterocycles. The van der Waals surface area contributed by atoms with Crippen LogP contribution < -0.4 is 4.90 Å². The Morgan fingerprint density at radius 3 is 2.56 bits per heavy atom. The van der Waals surface area contributed by atoms with Crippen LogP contribution in [0, 0.1) is 25.7 Å². The summed E-state index contributed by atoms with van der Waals surface area (Å²) in [4.78, 5) is 19.6. The highest BCUT2D eigenvalue weighted by Gasteiger charge is 2.50. The predicted octanol–water partition coefficient (Wildman–Crippen LogP) is 4.33. The minimum atomic E-state index is -0.0833. The highest BCUT2D eigenvalue weighted by atomic mass is 35.5. The van der Waals surface area contributed by atoms with Crippen LogP contribution in [0.3, 0.4) is 0 Å². The van der Waals surface area contributed by atoms with E-state index in [0.29, 0.717) is 19.1 Å². The number of hydrogen-bond acceptors (Lipinski definition) is 6. The molecule has 216 valence electrons. The summed E-state index contributed by atoms with van der Waals surface area (Å²) >= 11 is 7.16. The summed E-state index contributed by atoms with van der Waals surface area (Å²) in [5.74, 6) is 6.40. The van der Waals surface area contributed by atoms with Crippen LogP contribution in [0.1, 0.15) is 56.3 Å². The van der Waals surface area contributed by atoms with Gasteiger partial charge in [0.15, 0.2) is 5.82 Å². The number of aromatic amines is 1. The Labute approximate surface area is 246 Å². The first kappa shape index (κ1) is 26.8. The molecule has 2 aromatic heterocycles. The van der Waals surface area contributed by atoms with E-state index in [0.717, 1.165) is 89.8 Å². The Hall–Kier alpha value is -3.06. The number of aryl methyl sites for hydroxylation is 1. The normalized spacial score (nSPS) is 21.6. The summed E-state index contributed by atoms with van der Waals surface area (Å²) < 4.78 is 7.79. The molecule has 3 aliphatic heterocycles. The summed E-state index contributed by atoms with van der Waals surface area (Å²) in [6.07, 6.45) is 7.17. The Morgan fingerprint density at radius 1 is 1.12 bits per heavy atom. The second-order valence-corrected chi connectivity index (χ2v) is 12.6. The topological polar surface area (TPSA) is 82.5 Å². The number of carbonyl (C=O) groups excluding carboxylic acids is 1. The van der Waals surface area contributed by atoms with Gasteiger partial charge in [0.2, 0.25) is 0 Å². The number of anilines is 1. The van der Waals surface area contributed by atoms with Crippen LogP contribution in [-0.2, 0) is 9.53 Å². The van der Waals surface area contributed by atoms with Gasteiger partial charge in [-0.2, -0.15) is 10.2 Å². The summed E-state index contributed by atoms with van der Waals surface area (Å²) in [5, 5.41) is 14.8. The molecular formula is C31H38ClN7O2. The maximum absolute atomic E-state index is 12.4. The number of amides is 1. The van der Waals surface area contributed by atoms with E-state index in [4.69, 9.17) is 21.4 Å². The first-order valence-electron chi connectivity index (χ1n) is 14.9. The van der Waals surface area contributed by atoms with Crippen LogP contribution in [0.5, 0.6) is 0 Å². The Morgan fingerprint density at radius 2 is 1.90 bits per heavy atom. The van der Waals surface area contributed by atoms with Crippen molar-refractivity contribution >= 4 is 34.2 Å². The molecule has 0 atom stereocenters. The largest absolute Gasteiger partial charge is 0.378 e. The minimum absolute atomic E-state index is 0.0780. The van der Waals surface area contributed by atoms with Crippen molar-refractivity contribution in [2.45, 2.75) is 70.5 Å². The van der Waals surface area contributed by atoms with Crippen LogP contribution in [0.15, 0.2) is 12.3 Å². The number of hydrogen-bond donors (Lipinski definition) is 1. The van der Waals surface area contributed by atoms with E-state index in [-0.39, 0.29) is 17.5 Å². The van der Waals surface area contributed by atoms with Gasteiger partial charge in [-0.15, -0.1) is 0 Å². The molecular weight excluding hydrogens is 538 g/mol. The van der Waals surface area contributed by atoms with Gasteiger partial charge in [0, 0.05) is 54.9 Å². The van der Waals surface area contributed by atoms with Crippen LogP contribution in [0.2, 0.25) is 5.02 Å². The van der Waals surface area contributed by atoms with E-state index in [2.05, 4.69) is 56.4 Å². The lowest BCUT2D eigenvalue weighted by Gasteiger charge is -2.58. The summed E-state index contributed by atoms with van der Waals surface area (Å²) in [6, 6.07) is 2.82. The third-order valence-corrected chi connectivity index (χ3v) is 10.4. The van der Waals surface area contributed by atoms with Crippen molar-refractivity contribution in [1.82, 2.24) is 29.8 Å². The van der Waals surface area contributed by atoms with Crippen LogP contribution in [0.4, 0.5) is 5.82 Å². The fourth-order valence-corrected chi connectivity index (χ4v) is 7.63. The Bertz CT molecular complexity index is 1550. The van der Waals surface area contributed by atoms with Gasteiger partial charge in [-0.3, -0.25) is 19.5 Å². The van der Waals surface area contributed by atoms with E-state index in [9.17, 15) is 4.79 Å². The molecule has 1 amide bonds. The summed E-state index contributed by atoms with van der Waals surface area (Å²) in [7, 11) is 0. The molecule has 9 nitrogen and oxygen atoms in total. The Balaban J connectivity index is 1.32. The maximum atomic E-state index is 12.4. The number of ether oxygens (including phenoxy) is 1. The smallest absolute Gasteiger partial charge is 0.298 e. The molecule has 41 heavy (non-hydrogen) atoms. The average molecular weight is 576 g/mol. The van der Waals surface area contributed by atoms with Gasteiger partial charge in [-0.1, -0.05) is 17.5 Å². The lowest BCUT2D eigenvalue weighted by Crippen LogP contribution is -2.69. The monoisotopic (exact) mass is 575 g/mol. The molecule has 1 N–H and O–H groups in total. The predicted molar refractivity (Wildman–Crippen MR) is 160 cm³/mol. The van der Waals surface area contributed by atoms with Gasteiger partial charge in [0.05, 0.1) is 47.6 Å². The van der Waals surface area contributed by atoms with Gasteiger partial charge in [-0.05, 0) is 70.4 Å². The minimum Gasteiger partial charge on any atom is -0.378 e. The number of H-pyrrole nitrogens is 1. The number of rotatable bonds is 4. The number of piperazine rings is 1. The van der Waals surface area contributed by atoms with Gasteiger partial charge in [-0.25, -0.2) is 0 Å². The third-order valence-electron chi connectivity index (χ3n) is 9.93. The molecule has 0 unspecified atom stereocenters. The number of likely N-dealkylation sites (tertiary alicyclic amines) is 1. The number of aromatic nitrogens is 4. The highest BCUT2D eigenvalue weighted by Crippen LogP contribution is 2.49. The van der Waals surface area contributed by atoms with E-state index >= 15 is 0 Å². The summed E-state index contributed by atoms with van der Waals surface area (Å²) in [6.45, 7) is 12.0. The lowest BCUT2D eigenvalue weighted by molar-refractivity contribution is -0.126. The highest BCUT2D eigenvalue weighted by molar-refractivity contribution is 6.36. The van der Waals surface area contributed by atoms with Crippen molar-refractivity contribution in [3.05, 3.63) is 28.5 Å². The quantitative estimate of drug-likeness (QED) is 0.467. The van der Waals surface area contributed by atoms with E-state index in [1.54, 1.807) is 6.92 Å².